The lowest BCUT2D eigenvalue weighted by atomic mass is 9.87. The van der Waals surface area contributed by atoms with Crippen LogP contribution in [0.1, 0.15) is 49.5 Å². The number of phenols is 1. The molecule has 1 heterocycles. The average Bonchev–Trinajstić information content (AvgIpc) is 2.44. The Morgan fingerprint density at radius 2 is 1.96 bits per heavy atom. The number of benzene rings is 1. The van der Waals surface area contributed by atoms with E-state index in [9.17, 15) is 22.9 Å². The number of carbonyl (C=O) groups excluding carboxylic acids is 1. The highest BCUT2D eigenvalue weighted by atomic mass is 32.2. The van der Waals surface area contributed by atoms with E-state index in [4.69, 9.17) is 0 Å². The molecule has 7 heteroatoms. The lowest BCUT2D eigenvalue weighted by molar-refractivity contribution is 0.112. The van der Waals surface area contributed by atoms with Crippen LogP contribution < -0.4 is 4.90 Å². The third-order valence-corrected chi connectivity index (χ3v) is 4.88. The summed E-state index contributed by atoms with van der Waals surface area (Å²) in [6, 6.07) is 2.97. The van der Waals surface area contributed by atoms with Crippen LogP contribution in [0.25, 0.3) is 5.57 Å². The summed E-state index contributed by atoms with van der Waals surface area (Å²) in [6.07, 6.45) is 4.24. The lowest BCUT2D eigenvalue weighted by Crippen LogP contribution is -2.46. The van der Waals surface area contributed by atoms with E-state index in [-0.39, 0.29) is 11.3 Å². The Kier molecular flexibility index (Phi) is 5.05. The van der Waals surface area contributed by atoms with Gasteiger partial charge >= 0.3 is 0 Å². The molecule has 0 unspecified atom stereocenters. The number of hydrogen-bond acceptors (Lipinski definition) is 5. The summed E-state index contributed by atoms with van der Waals surface area (Å²) in [5.41, 5.74) is 1.23. The smallest absolute Gasteiger partial charge is 0.269 e. The van der Waals surface area contributed by atoms with E-state index in [1.807, 2.05) is 13.8 Å². The summed E-state index contributed by atoms with van der Waals surface area (Å²) in [7, 11) is -4.22. The van der Waals surface area contributed by atoms with Crippen LogP contribution in [0.2, 0.25) is 0 Å². The summed E-state index contributed by atoms with van der Waals surface area (Å²) in [4.78, 5) is 13.2. The minimum Gasteiger partial charge on any atom is -0.507 e. The van der Waals surface area contributed by atoms with Gasteiger partial charge in [0.05, 0.1) is 11.1 Å². The van der Waals surface area contributed by atoms with E-state index in [1.165, 1.54) is 12.1 Å². The number of anilines is 1. The van der Waals surface area contributed by atoms with Gasteiger partial charge in [0.1, 0.15) is 11.5 Å². The summed E-state index contributed by atoms with van der Waals surface area (Å²) in [6.45, 7) is 6.69. The average molecular weight is 353 g/mol. The third-order valence-electron chi connectivity index (χ3n) is 4.21. The van der Waals surface area contributed by atoms with Gasteiger partial charge in [0, 0.05) is 23.9 Å². The molecule has 0 fully saturated rings. The first-order chi connectivity index (χ1) is 11.1. The van der Waals surface area contributed by atoms with Crippen LogP contribution >= 0.6 is 0 Å². The number of phenolic OH excluding ortho intramolecular Hbond substituents is 1. The summed E-state index contributed by atoms with van der Waals surface area (Å²) in [5, 5.41) is 10.1. The van der Waals surface area contributed by atoms with Gasteiger partial charge in [-0.3, -0.25) is 9.35 Å². The first-order valence-corrected chi connectivity index (χ1v) is 9.47. The van der Waals surface area contributed by atoms with Crippen molar-refractivity contribution >= 4 is 27.7 Å². The van der Waals surface area contributed by atoms with Gasteiger partial charge in [-0.15, -0.1) is 0 Å². The van der Waals surface area contributed by atoms with Crippen LogP contribution in [0.4, 0.5) is 5.69 Å². The molecule has 2 rings (SSSR count). The zero-order valence-corrected chi connectivity index (χ0v) is 14.9. The fourth-order valence-corrected chi connectivity index (χ4v) is 3.73. The Bertz CT molecular complexity index is 780. The number of fused-ring (bicyclic) bond motifs is 1. The second-order valence-corrected chi connectivity index (χ2v) is 8.05. The first kappa shape index (κ1) is 18.5. The normalized spacial score (nSPS) is 16.5. The van der Waals surface area contributed by atoms with Crippen molar-refractivity contribution in [3.63, 3.8) is 0 Å². The number of unbranched alkanes of at least 4 members (excludes halogenated alkanes) is 1. The monoisotopic (exact) mass is 353 g/mol. The number of hydrogen-bond donors (Lipinski definition) is 2. The molecule has 0 bridgehead atoms. The van der Waals surface area contributed by atoms with Gasteiger partial charge in [0.15, 0.2) is 6.29 Å². The highest BCUT2D eigenvalue weighted by Gasteiger charge is 2.34. The predicted octanol–water partition coefficient (Wildman–Crippen LogP) is 2.87. The van der Waals surface area contributed by atoms with Crippen LogP contribution in [0, 0.1) is 0 Å². The van der Waals surface area contributed by atoms with Crippen molar-refractivity contribution in [2.45, 2.75) is 39.2 Å². The Balaban J connectivity index is 2.66. The van der Waals surface area contributed by atoms with Gasteiger partial charge in [-0.2, -0.15) is 8.42 Å². The molecule has 1 aromatic carbocycles. The molecule has 0 saturated carbocycles. The van der Waals surface area contributed by atoms with Gasteiger partial charge in [0.2, 0.25) is 0 Å². The molecule has 0 aliphatic carbocycles. The van der Waals surface area contributed by atoms with Crippen LogP contribution in [-0.2, 0) is 10.1 Å². The van der Waals surface area contributed by atoms with Crippen molar-refractivity contribution in [1.82, 2.24) is 0 Å². The standard InChI is InChI=1S/C17H23NO5S/c1-4-5-6-18-15-8-16(20)12(10-19)7-14(15)13(9-17(18,2)3)11-24(21,22)23/h7-10,20H,4-6,11H2,1-3H3,(H,21,22,23). The molecule has 0 spiro atoms. The fourth-order valence-electron chi connectivity index (χ4n) is 3.10. The van der Waals surface area contributed by atoms with E-state index in [0.717, 1.165) is 19.4 Å². The topological polar surface area (TPSA) is 94.9 Å². The summed E-state index contributed by atoms with van der Waals surface area (Å²) < 4.78 is 32.0. The minimum atomic E-state index is -4.22. The molecule has 1 aliphatic rings. The molecule has 0 atom stereocenters. The van der Waals surface area contributed by atoms with E-state index in [0.29, 0.717) is 23.1 Å². The highest BCUT2D eigenvalue weighted by molar-refractivity contribution is 7.86. The molecule has 0 saturated heterocycles. The Hall–Kier alpha value is -1.86. The molecule has 0 aromatic heterocycles. The predicted molar refractivity (Wildman–Crippen MR) is 94.2 cm³/mol. The van der Waals surface area contributed by atoms with Crippen LogP contribution in [0.5, 0.6) is 5.75 Å². The number of rotatable bonds is 6. The van der Waals surface area contributed by atoms with Gasteiger partial charge in [0.25, 0.3) is 10.1 Å². The Morgan fingerprint density at radius 3 is 2.50 bits per heavy atom. The first-order valence-electron chi connectivity index (χ1n) is 7.86. The van der Waals surface area contributed by atoms with Crippen LogP contribution in [0.3, 0.4) is 0 Å². The summed E-state index contributed by atoms with van der Waals surface area (Å²) in [5.74, 6) is -0.678. The largest absolute Gasteiger partial charge is 0.507 e. The number of carbonyl (C=O) groups is 1. The van der Waals surface area contributed by atoms with Gasteiger partial charge in [-0.05, 0) is 31.9 Å². The van der Waals surface area contributed by atoms with Crippen molar-refractivity contribution < 1.29 is 22.9 Å². The lowest BCUT2D eigenvalue weighted by Gasteiger charge is -2.44. The molecule has 1 aliphatic heterocycles. The van der Waals surface area contributed by atoms with Crippen LogP contribution in [0.15, 0.2) is 18.2 Å². The van der Waals surface area contributed by atoms with Crippen molar-refractivity contribution in [2.24, 2.45) is 0 Å². The van der Waals surface area contributed by atoms with Gasteiger partial charge < -0.3 is 10.0 Å². The molecule has 132 valence electrons. The highest BCUT2D eigenvalue weighted by Crippen LogP contribution is 2.42. The molecule has 6 nitrogen and oxygen atoms in total. The SMILES string of the molecule is CCCCN1c2cc(O)c(C=O)cc2C(CS(=O)(=O)O)=CC1(C)C. The maximum Gasteiger partial charge on any atom is 0.269 e. The molecule has 2 N–H and O–H groups in total. The second-order valence-electron chi connectivity index (χ2n) is 6.60. The summed E-state index contributed by atoms with van der Waals surface area (Å²) >= 11 is 0. The Morgan fingerprint density at radius 1 is 1.29 bits per heavy atom. The van der Waals surface area contributed by atoms with Gasteiger partial charge in [-0.25, -0.2) is 0 Å². The zero-order chi connectivity index (χ0) is 18.1. The molecular weight excluding hydrogens is 330 g/mol. The Labute approximate surface area is 142 Å². The number of aromatic hydroxyl groups is 1. The van der Waals surface area contributed by atoms with E-state index in [2.05, 4.69) is 11.8 Å². The van der Waals surface area contributed by atoms with E-state index >= 15 is 0 Å². The van der Waals surface area contributed by atoms with Crippen molar-refractivity contribution in [3.05, 3.63) is 29.3 Å². The van der Waals surface area contributed by atoms with Crippen molar-refractivity contribution in [3.8, 4) is 5.75 Å². The van der Waals surface area contributed by atoms with Gasteiger partial charge in [-0.1, -0.05) is 19.4 Å². The minimum absolute atomic E-state index is 0.0881. The van der Waals surface area contributed by atoms with E-state index < -0.39 is 21.4 Å². The quantitative estimate of drug-likeness (QED) is 0.603. The van der Waals surface area contributed by atoms with Crippen molar-refractivity contribution in [1.29, 1.82) is 0 Å². The van der Waals surface area contributed by atoms with Crippen molar-refractivity contribution in [2.75, 3.05) is 17.2 Å². The third kappa shape index (κ3) is 3.79. The van der Waals surface area contributed by atoms with E-state index in [1.54, 1.807) is 6.08 Å². The zero-order valence-electron chi connectivity index (χ0n) is 14.1. The number of nitrogens with zero attached hydrogens (tertiary/aromatic N) is 1. The molecule has 1 aromatic rings. The molecule has 24 heavy (non-hydrogen) atoms. The molecule has 0 amide bonds. The maximum absolute atomic E-state index is 11.4. The second kappa shape index (κ2) is 6.57. The van der Waals surface area contributed by atoms with Crippen LogP contribution in [-0.4, -0.2) is 42.2 Å². The molecular formula is C17H23NO5S. The molecule has 0 radical (unpaired) electrons. The number of aldehydes is 1. The fraction of sp³-hybridized carbons (Fsp3) is 0.471. The maximum atomic E-state index is 11.4.